The molecule has 0 spiro atoms. The van der Waals surface area contributed by atoms with Crippen molar-refractivity contribution in [1.29, 1.82) is 0 Å². The molecular formula is C11H23N3O2. The number of amides is 2. The average Bonchev–Trinajstić information content (AvgIpc) is 2.13. The minimum Gasteiger partial charge on any atom is -0.370 e. The van der Waals surface area contributed by atoms with Crippen molar-refractivity contribution >= 4 is 11.8 Å². The summed E-state index contributed by atoms with van der Waals surface area (Å²) in [5.41, 5.74) is 10.4. The lowest BCUT2D eigenvalue weighted by atomic mass is 10.0. The van der Waals surface area contributed by atoms with E-state index in [-0.39, 0.29) is 18.4 Å². The predicted molar refractivity (Wildman–Crippen MR) is 63.5 cm³/mol. The first-order valence-electron chi connectivity index (χ1n) is 5.73. The van der Waals surface area contributed by atoms with Gasteiger partial charge in [-0.2, -0.15) is 0 Å². The zero-order chi connectivity index (χ0) is 12.6. The molecule has 0 aliphatic rings. The third-order valence-electron chi connectivity index (χ3n) is 2.44. The summed E-state index contributed by atoms with van der Waals surface area (Å²) in [6.45, 7) is 4.50. The number of hydrogen-bond donors (Lipinski definition) is 3. The number of hydrogen-bond acceptors (Lipinski definition) is 3. The quantitative estimate of drug-likeness (QED) is 0.551. The summed E-state index contributed by atoms with van der Waals surface area (Å²) in [7, 11) is 0. The highest BCUT2D eigenvalue weighted by molar-refractivity contribution is 5.78. The van der Waals surface area contributed by atoms with Crippen LogP contribution < -0.4 is 16.8 Å². The number of carbonyl (C=O) groups is 2. The number of carbonyl (C=O) groups excluding carboxylic acids is 2. The molecule has 0 radical (unpaired) electrons. The fourth-order valence-corrected chi connectivity index (χ4v) is 1.51. The van der Waals surface area contributed by atoms with Crippen molar-refractivity contribution in [3.8, 4) is 0 Å². The molecule has 2 atom stereocenters. The van der Waals surface area contributed by atoms with Gasteiger partial charge in [0.25, 0.3) is 0 Å². The molecule has 16 heavy (non-hydrogen) atoms. The van der Waals surface area contributed by atoms with Gasteiger partial charge < -0.3 is 16.8 Å². The highest BCUT2D eigenvalue weighted by Crippen LogP contribution is 2.08. The molecule has 0 aliphatic heterocycles. The van der Waals surface area contributed by atoms with E-state index < -0.39 is 5.91 Å². The Morgan fingerprint density at radius 1 is 1.25 bits per heavy atom. The summed E-state index contributed by atoms with van der Waals surface area (Å²) in [5, 5.41) is 2.74. The number of primary amides is 1. The highest BCUT2D eigenvalue weighted by Gasteiger charge is 2.11. The third kappa shape index (κ3) is 8.23. The molecular weight excluding hydrogens is 206 g/mol. The van der Waals surface area contributed by atoms with Gasteiger partial charge in [-0.3, -0.25) is 9.59 Å². The van der Waals surface area contributed by atoms with E-state index in [2.05, 4.69) is 12.2 Å². The molecule has 5 heteroatoms. The maximum Gasteiger partial charge on any atom is 0.220 e. The number of nitrogens with two attached hydrogens (primary N) is 2. The molecule has 0 saturated carbocycles. The van der Waals surface area contributed by atoms with Crippen LogP contribution in [0.5, 0.6) is 0 Å². The Kier molecular flexibility index (Phi) is 7.54. The van der Waals surface area contributed by atoms with E-state index in [1.807, 2.05) is 0 Å². The molecule has 0 fully saturated rings. The summed E-state index contributed by atoms with van der Waals surface area (Å²) < 4.78 is 0. The van der Waals surface area contributed by atoms with Crippen molar-refractivity contribution in [3.63, 3.8) is 0 Å². The fourth-order valence-electron chi connectivity index (χ4n) is 1.51. The van der Waals surface area contributed by atoms with Crippen LogP contribution in [-0.2, 0) is 9.59 Å². The van der Waals surface area contributed by atoms with Gasteiger partial charge in [-0.05, 0) is 32.2 Å². The molecule has 0 aromatic rings. The first kappa shape index (κ1) is 14.9. The lowest BCUT2D eigenvalue weighted by Crippen LogP contribution is -2.35. The molecule has 0 heterocycles. The van der Waals surface area contributed by atoms with E-state index in [1.54, 1.807) is 6.92 Å². The molecule has 0 saturated heterocycles. The lowest BCUT2D eigenvalue weighted by Gasteiger charge is -2.13. The smallest absolute Gasteiger partial charge is 0.220 e. The second kappa shape index (κ2) is 8.10. The van der Waals surface area contributed by atoms with E-state index in [0.717, 1.165) is 12.8 Å². The summed E-state index contributed by atoms with van der Waals surface area (Å²) >= 11 is 0. The highest BCUT2D eigenvalue weighted by atomic mass is 16.2. The van der Waals surface area contributed by atoms with Crippen LogP contribution in [0.15, 0.2) is 0 Å². The van der Waals surface area contributed by atoms with Crippen molar-refractivity contribution in [2.24, 2.45) is 17.4 Å². The summed E-state index contributed by atoms with van der Waals surface area (Å²) in [4.78, 5) is 22.0. The van der Waals surface area contributed by atoms with Crippen LogP contribution in [0.1, 0.15) is 39.5 Å². The Morgan fingerprint density at radius 3 is 2.38 bits per heavy atom. The maximum absolute atomic E-state index is 11.4. The van der Waals surface area contributed by atoms with Gasteiger partial charge in [0.15, 0.2) is 0 Å². The van der Waals surface area contributed by atoms with E-state index in [4.69, 9.17) is 11.5 Å². The van der Waals surface area contributed by atoms with E-state index in [0.29, 0.717) is 18.9 Å². The molecule has 5 nitrogen and oxygen atoms in total. The van der Waals surface area contributed by atoms with Gasteiger partial charge in [-0.15, -0.1) is 0 Å². The van der Waals surface area contributed by atoms with Gasteiger partial charge in [0.2, 0.25) is 11.8 Å². The summed E-state index contributed by atoms with van der Waals surface area (Å²) in [6.07, 6.45) is 2.42. The van der Waals surface area contributed by atoms with Gasteiger partial charge in [-0.1, -0.05) is 6.92 Å². The SMILES string of the molecule is CC(CCN)CCC(=O)NC(C)CC(N)=O. The fraction of sp³-hybridized carbons (Fsp3) is 0.818. The van der Waals surface area contributed by atoms with Crippen LogP contribution in [-0.4, -0.2) is 24.4 Å². The Balaban J connectivity index is 3.69. The largest absolute Gasteiger partial charge is 0.370 e. The molecule has 0 bridgehead atoms. The van der Waals surface area contributed by atoms with Crippen molar-refractivity contribution in [3.05, 3.63) is 0 Å². The molecule has 2 unspecified atom stereocenters. The minimum atomic E-state index is -0.399. The van der Waals surface area contributed by atoms with Gasteiger partial charge in [0.05, 0.1) is 0 Å². The second-order valence-corrected chi connectivity index (χ2v) is 4.36. The lowest BCUT2D eigenvalue weighted by molar-refractivity contribution is -0.122. The van der Waals surface area contributed by atoms with Crippen molar-refractivity contribution in [2.45, 2.75) is 45.6 Å². The van der Waals surface area contributed by atoms with Crippen LogP contribution in [0, 0.1) is 5.92 Å². The van der Waals surface area contributed by atoms with Crippen LogP contribution in [0.3, 0.4) is 0 Å². The average molecular weight is 229 g/mol. The topological polar surface area (TPSA) is 98.2 Å². The molecule has 0 rings (SSSR count). The Labute approximate surface area is 96.9 Å². The standard InChI is InChI=1S/C11H23N3O2/c1-8(5-6-12)3-4-11(16)14-9(2)7-10(13)15/h8-9H,3-7,12H2,1-2H3,(H2,13,15)(H,14,16). The van der Waals surface area contributed by atoms with Gasteiger partial charge in [0.1, 0.15) is 0 Å². The van der Waals surface area contributed by atoms with Crippen LogP contribution in [0.4, 0.5) is 0 Å². The predicted octanol–water partition coefficient (Wildman–Crippen LogP) is 0.132. The third-order valence-corrected chi connectivity index (χ3v) is 2.44. The first-order valence-corrected chi connectivity index (χ1v) is 5.73. The van der Waals surface area contributed by atoms with Gasteiger partial charge in [0, 0.05) is 18.9 Å². The summed E-state index contributed by atoms with van der Waals surface area (Å²) in [5.74, 6) is 0.0316. The van der Waals surface area contributed by atoms with E-state index in [9.17, 15) is 9.59 Å². The van der Waals surface area contributed by atoms with E-state index >= 15 is 0 Å². The number of nitrogens with one attached hydrogen (secondary N) is 1. The number of rotatable bonds is 8. The molecule has 2 amide bonds. The minimum absolute atomic E-state index is 0.0300. The monoisotopic (exact) mass is 229 g/mol. The zero-order valence-electron chi connectivity index (χ0n) is 10.2. The van der Waals surface area contributed by atoms with Crippen molar-refractivity contribution < 1.29 is 9.59 Å². The normalized spacial score (nSPS) is 14.2. The summed E-state index contributed by atoms with van der Waals surface area (Å²) in [6, 6.07) is -0.185. The molecule has 0 aromatic carbocycles. The first-order chi connectivity index (χ1) is 7.45. The second-order valence-electron chi connectivity index (χ2n) is 4.36. The van der Waals surface area contributed by atoms with Crippen LogP contribution in [0.25, 0.3) is 0 Å². The molecule has 0 aromatic heterocycles. The van der Waals surface area contributed by atoms with Crippen LogP contribution >= 0.6 is 0 Å². The van der Waals surface area contributed by atoms with E-state index in [1.165, 1.54) is 0 Å². The van der Waals surface area contributed by atoms with Crippen LogP contribution in [0.2, 0.25) is 0 Å². The zero-order valence-corrected chi connectivity index (χ0v) is 10.2. The van der Waals surface area contributed by atoms with Gasteiger partial charge >= 0.3 is 0 Å². The molecule has 0 aliphatic carbocycles. The van der Waals surface area contributed by atoms with Crippen molar-refractivity contribution in [1.82, 2.24) is 5.32 Å². The van der Waals surface area contributed by atoms with Gasteiger partial charge in [-0.25, -0.2) is 0 Å². The Hall–Kier alpha value is -1.10. The molecule has 94 valence electrons. The Morgan fingerprint density at radius 2 is 1.88 bits per heavy atom. The van der Waals surface area contributed by atoms with Crippen molar-refractivity contribution in [2.75, 3.05) is 6.54 Å². The maximum atomic E-state index is 11.4. The molecule has 5 N–H and O–H groups in total. The Bertz CT molecular complexity index is 231.